The fraction of sp³-hybridized carbons (Fsp3) is 0.565. The van der Waals surface area contributed by atoms with Crippen molar-refractivity contribution in [3.05, 3.63) is 47.2 Å². The molecule has 3 unspecified atom stereocenters. The molecule has 29 heavy (non-hydrogen) atoms. The lowest BCUT2D eigenvalue weighted by Gasteiger charge is -2.47. The topological polar surface area (TPSA) is 58.9 Å². The van der Waals surface area contributed by atoms with E-state index in [0.717, 1.165) is 44.1 Å². The minimum absolute atomic E-state index is 0.0849. The highest BCUT2D eigenvalue weighted by Crippen LogP contribution is 2.82. The van der Waals surface area contributed by atoms with Gasteiger partial charge in [-0.05, 0) is 55.2 Å². The number of carbonyl (C=O) groups is 1. The van der Waals surface area contributed by atoms with Gasteiger partial charge in [0.25, 0.3) is 5.91 Å². The molecule has 6 heteroatoms. The number of amides is 1. The largest absolute Gasteiger partial charge is 0.379 e. The zero-order valence-electron chi connectivity index (χ0n) is 17.2. The van der Waals surface area contributed by atoms with Gasteiger partial charge in [0.2, 0.25) is 5.82 Å². The molecule has 1 saturated heterocycles. The molecule has 1 aliphatic heterocycles. The summed E-state index contributed by atoms with van der Waals surface area (Å²) in [5, 5.41) is 3.31. The minimum Gasteiger partial charge on any atom is -0.379 e. The summed E-state index contributed by atoms with van der Waals surface area (Å²) in [5.41, 5.74) is 5.15. The van der Waals surface area contributed by atoms with E-state index in [2.05, 4.69) is 30.1 Å². The van der Waals surface area contributed by atoms with Crippen LogP contribution in [0.15, 0.2) is 35.7 Å². The zero-order valence-corrected chi connectivity index (χ0v) is 17.2. The summed E-state index contributed by atoms with van der Waals surface area (Å²) in [6.45, 7) is 8.63. The number of imidazole rings is 1. The number of aromatic nitrogens is 2. The van der Waals surface area contributed by atoms with Gasteiger partial charge in [-0.3, -0.25) is 14.1 Å². The van der Waals surface area contributed by atoms with E-state index in [0.29, 0.717) is 17.2 Å². The molecule has 1 spiro atoms. The monoisotopic (exact) mass is 392 g/mol. The van der Waals surface area contributed by atoms with E-state index in [9.17, 15) is 4.79 Å². The number of hydrogen-bond donors (Lipinski definition) is 1. The number of nitrogens with zero attached hydrogens (tertiary/aromatic N) is 3. The number of morpholine rings is 1. The predicted molar refractivity (Wildman–Crippen MR) is 109 cm³/mol. The number of fused-ring (bicyclic) bond motifs is 1. The predicted octanol–water partition coefficient (Wildman–Crippen LogP) is 2.99. The van der Waals surface area contributed by atoms with E-state index in [4.69, 9.17) is 9.72 Å². The summed E-state index contributed by atoms with van der Waals surface area (Å²) >= 11 is 0. The summed E-state index contributed by atoms with van der Waals surface area (Å²) in [7, 11) is 0. The van der Waals surface area contributed by atoms with Crippen LogP contribution in [0.25, 0.3) is 5.52 Å². The number of pyridine rings is 1. The molecule has 2 aromatic rings. The van der Waals surface area contributed by atoms with Gasteiger partial charge in [-0.25, -0.2) is 4.98 Å². The lowest BCUT2D eigenvalue weighted by atomic mass is 9.58. The van der Waals surface area contributed by atoms with Gasteiger partial charge >= 0.3 is 0 Å². The molecule has 152 valence electrons. The smallest absolute Gasteiger partial charge is 0.291 e. The third kappa shape index (κ3) is 2.30. The first kappa shape index (κ1) is 17.7. The first-order chi connectivity index (χ1) is 14.0. The summed E-state index contributed by atoms with van der Waals surface area (Å²) in [5.74, 6) is 1.09. The Hall–Kier alpha value is -2.18. The average molecular weight is 393 g/mol. The van der Waals surface area contributed by atoms with Crippen molar-refractivity contribution in [3.8, 4) is 0 Å². The van der Waals surface area contributed by atoms with Crippen LogP contribution in [-0.4, -0.2) is 46.5 Å². The molecule has 1 N–H and O–H groups in total. The maximum atomic E-state index is 13.3. The fourth-order valence-corrected chi connectivity index (χ4v) is 6.32. The van der Waals surface area contributed by atoms with Crippen molar-refractivity contribution < 1.29 is 9.53 Å². The quantitative estimate of drug-likeness (QED) is 0.869. The summed E-state index contributed by atoms with van der Waals surface area (Å²) in [4.78, 5) is 20.5. The van der Waals surface area contributed by atoms with Crippen molar-refractivity contribution in [2.45, 2.75) is 39.7 Å². The van der Waals surface area contributed by atoms with E-state index in [1.54, 1.807) is 0 Å². The molecule has 6 nitrogen and oxygen atoms in total. The van der Waals surface area contributed by atoms with Crippen molar-refractivity contribution in [1.29, 1.82) is 0 Å². The number of allylic oxidation sites excluding steroid dienone is 2. The van der Waals surface area contributed by atoms with Crippen LogP contribution in [0.3, 0.4) is 0 Å². The minimum atomic E-state index is -0.0849. The van der Waals surface area contributed by atoms with E-state index < -0.39 is 0 Å². The van der Waals surface area contributed by atoms with Crippen molar-refractivity contribution in [1.82, 2.24) is 19.6 Å². The first-order valence-corrected chi connectivity index (χ1v) is 10.8. The highest BCUT2D eigenvalue weighted by atomic mass is 16.5. The number of rotatable bonds is 4. The second kappa shape index (κ2) is 5.92. The molecular formula is C23H28N4O2. The van der Waals surface area contributed by atoms with Crippen LogP contribution in [0.5, 0.6) is 0 Å². The maximum absolute atomic E-state index is 13.3. The van der Waals surface area contributed by atoms with Crippen LogP contribution in [0.4, 0.5) is 0 Å². The van der Waals surface area contributed by atoms with Crippen molar-refractivity contribution in [2.24, 2.45) is 16.7 Å². The van der Waals surface area contributed by atoms with Gasteiger partial charge in [0, 0.05) is 36.9 Å². The normalized spacial score (nSPS) is 33.4. The molecule has 3 atom stereocenters. The van der Waals surface area contributed by atoms with Crippen molar-refractivity contribution in [2.75, 3.05) is 26.3 Å². The number of ether oxygens (including phenoxy) is 1. The molecule has 4 aliphatic rings. The molecule has 0 aromatic carbocycles. The Kier molecular flexibility index (Phi) is 3.61. The lowest BCUT2D eigenvalue weighted by molar-refractivity contribution is 0.0338. The second-order valence-corrected chi connectivity index (χ2v) is 9.48. The van der Waals surface area contributed by atoms with Crippen LogP contribution >= 0.6 is 0 Å². The summed E-state index contributed by atoms with van der Waals surface area (Å²) < 4.78 is 7.40. The zero-order chi connectivity index (χ0) is 19.8. The Balaban J connectivity index is 1.31. The fourth-order valence-electron chi connectivity index (χ4n) is 6.32. The molecule has 0 radical (unpaired) electrons. The Bertz CT molecular complexity index is 1050. The van der Waals surface area contributed by atoms with Crippen molar-refractivity contribution in [3.63, 3.8) is 0 Å². The Morgan fingerprint density at radius 2 is 2.14 bits per heavy atom. The highest BCUT2D eigenvalue weighted by molar-refractivity contribution is 5.94. The van der Waals surface area contributed by atoms with Gasteiger partial charge in [0.05, 0.1) is 24.4 Å². The van der Waals surface area contributed by atoms with Gasteiger partial charge in [-0.15, -0.1) is 0 Å². The third-order valence-electron chi connectivity index (χ3n) is 8.26. The van der Waals surface area contributed by atoms with Gasteiger partial charge in [-0.1, -0.05) is 13.0 Å². The Labute approximate surface area is 170 Å². The van der Waals surface area contributed by atoms with E-state index in [-0.39, 0.29) is 11.3 Å². The van der Waals surface area contributed by atoms with Crippen molar-refractivity contribution >= 4 is 11.4 Å². The van der Waals surface area contributed by atoms with Gasteiger partial charge in [0.1, 0.15) is 0 Å². The lowest BCUT2D eigenvalue weighted by Crippen LogP contribution is -2.45. The standard InChI is InChI=1S/C23H28N4O2/c1-15-16-13-23(16)7-6-22(23,2)19(15)25-21(28)20-24-17(14-26-9-11-29-12-10-26)18-5-3-4-8-27(18)20/h3-5,8,16H,6-7,9-14H2,1-2H3,(H,25,28). The highest BCUT2D eigenvalue weighted by Gasteiger charge is 2.75. The van der Waals surface area contributed by atoms with Gasteiger partial charge in [0.15, 0.2) is 0 Å². The Morgan fingerprint density at radius 3 is 2.86 bits per heavy atom. The first-order valence-electron chi connectivity index (χ1n) is 10.8. The second-order valence-electron chi connectivity index (χ2n) is 9.48. The number of carbonyl (C=O) groups excluding carboxylic acids is 1. The number of hydrogen-bond acceptors (Lipinski definition) is 4. The Morgan fingerprint density at radius 1 is 1.31 bits per heavy atom. The van der Waals surface area contributed by atoms with Crippen LogP contribution in [0.2, 0.25) is 0 Å². The van der Waals surface area contributed by atoms with Crippen LogP contribution in [0, 0.1) is 16.7 Å². The van der Waals surface area contributed by atoms with Crippen LogP contribution in [-0.2, 0) is 11.3 Å². The maximum Gasteiger partial charge on any atom is 0.291 e. The summed E-state index contributed by atoms with van der Waals surface area (Å²) in [6, 6.07) is 6.02. The van der Waals surface area contributed by atoms with Crippen LogP contribution < -0.4 is 5.32 Å². The molecule has 2 saturated carbocycles. The SMILES string of the molecule is CC1=C(NC(=O)c2nc(CN3CCOCC3)c3ccccn23)C2(C)CCC23CC13. The van der Waals surface area contributed by atoms with E-state index >= 15 is 0 Å². The molecule has 1 amide bonds. The van der Waals surface area contributed by atoms with Crippen LogP contribution in [0.1, 0.15) is 49.4 Å². The summed E-state index contributed by atoms with van der Waals surface area (Å²) in [6.07, 6.45) is 5.74. The third-order valence-corrected chi connectivity index (χ3v) is 8.26. The molecular weight excluding hydrogens is 364 g/mol. The number of nitrogens with one attached hydrogen (secondary N) is 1. The molecule has 3 aliphatic carbocycles. The van der Waals surface area contributed by atoms with E-state index in [1.807, 2.05) is 22.7 Å². The van der Waals surface area contributed by atoms with Gasteiger partial charge < -0.3 is 10.1 Å². The molecule has 3 heterocycles. The molecule has 3 fully saturated rings. The average Bonchev–Trinajstić information content (AvgIpc) is 3.41. The molecule has 0 bridgehead atoms. The van der Waals surface area contributed by atoms with Gasteiger partial charge in [-0.2, -0.15) is 0 Å². The molecule has 2 aromatic heterocycles. The molecule has 6 rings (SSSR count). The van der Waals surface area contributed by atoms with E-state index in [1.165, 1.54) is 30.5 Å².